The summed E-state index contributed by atoms with van der Waals surface area (Å²) >= 11 is 0. The van der Waals surface area contributed by atoms with Crippen LogP contribution in [0.1, 0.15) is 305 Å². The number of hydrogen-bond donors (Lipinski definition) is 2. The molecule has 3 aromatic rings. The molecule has 4 N–H and O–H groups in total. The SMILES string of the molecule is CCC.CCCCCCCCC1(CCCCCCCC)c2cc(/C(C)=C/C=C(\C)c3ccc(/C(C)=C/C=C(\C)C(C)(C)C)c(N)c3N)ccc2-c2ccc(C(C)(C)C)cc21.CCCCCCCCCCCC. The van der Waals surface area contributed by atoms with Crippen molar-refractivity contribution >= 4 is 28.1 Å². The molecule has 0 atom stereocenters. The van der Waals surface area contributed by atoms with E-state index in [-0.39, 0.29) is 16.2 Å². The number of unbranched alkanes of at least 4 members (excludes halogenated alkanes) is 19. The Labute approximate surface area is 447 Å². The van der Waals surface area contributed by atoms with Crippen LogP contribution in [0, 0.1) is 5.41 Å². The van der Waals surface area contributed by atoms with E-state index in [4.69, 9.17) is 11.5 Å². The van der Waals surface area contributed by atoms with E-state index < -0.39 is 0 Å². The van der Waals surface area contributed by atoms with Crippen LogP contribution in [0.3, 0.4) is 0 Å². The topological polar surface area (TPSA) is 52.0 Å². The van der Waals surface area contributed by atoms with Gasteiger partial charge in [-0.05, 0) is 108 Å². The first-order valence-corrected chi connectivity index (χ1v) is 30.0. The van der Waals surface area contributed by atoms with E-state index in [1.54, 1.807) is 11.1 Å². The van der Waals surface area contributed by atoms with Crippen molar-refractivity contribution in [2.24, 2.45) is 5.41 Å². The standard InChI is InChI=1S/C55H80N2.C12H26.C3H8/c1-13-15-17-19-21-23-35-55(36-24-22-20-18-16-14-2)49-37-43(29-31-47(49)48-32-30-44(38-50(48)55)54(10,11)12)39(3)25-26-40(4)45-33-34-46(52(57)51(45)56)41(5)27-28-42(6)53(7,8)9;1-3-5-7-9-11-12-10-8-6-4-2;1-3-2/h25-34,37-38H,13-24,35-36,56-57H2,1-12H3;3-12H2,1-2H3;3H2,1-2H3/b39-25+,40-26+,41-27+,42-28+;;. The lowest BCUT2D eigenvalue weighted by Gasteiger charge is -2.34. The number of anilines is 2. The van der Waals surface area contributed by atoms with Crippen molar-refractivity contribution in [2.75, 3.05) is 11.5 Å². The second-order valence-corrected chi connectivity index (χ2v) is 24.1. The minimum absolute atomic E-state index is 0.0466. The van der Waals surface area contributed by atoms with Crippen molar-refractivity contribution in [1.82, 2.24) is 0 Å². The zero-order valence-corrected chi connectivity index (χ0v) is 50.3. The summed E-state index contributed by atoms with van der Waals surface area (Å²) in [4.78, 5) is 0. The summed E-state index contributed by atoms with van der Waals surface area (Å²) in [6, 6.07) is 19.1. The summed E-state index contributed by atoms with van der Waals surface area (Å²) in [5.41, 5.74) is 30.7. The Hall–Kier alpha value is -3.78. The first kappa shape index (κ1) is 64.3. The van der Waals surface area contributed by atoms with Crippen LogP contribution in [0.15, 0.2) is 78.4 Å². The van der Waals surface area contributed by atoms with Gasteiger partial charge in [0.1, 0.15) is 0 Å². The van der Waals surface area contributed by atoms with Gasteiger partial charge in [-0.2, -0.15) is 0 Å². The van der Waals surface area contributed by atoms with Crippen molar-refractivity contribution in [2.45, 2.75) is 282 Å². The molecule has 2 heteroatoms. The van der Waals surface area contributed by atoms with Crippen molar-refractivity contribution in [1.29, 1.82) is 0 Å². The van der Waals surface area contributed by atoms with E-state index >= 15 is 0 Å². The van der Waals surface area contributed by atoms with Crippen LogP contribution in [-0.2, 0) is 10.8 Å². The molecule has 4 rings (SSSR count). The first-order valence-electron chi connectivity index (χ1n) is 30.0. The number of allylic oxidation sites excluding steroid dienone is 8. The lowest BCUT2D eigenvalue weighted by Crippen LogP contribution is -2.26. The van der Waals surface area contributed by atoms with Crippen LogP contribution in [-0.4, -0.2) is 0 Å². The fourth-order valence-electron chi connectivity index (χ4n) is 10.2. The van der Waals surface area contributed by atoms with Crippen LogP contribution in [0.5, 0.6) is 0 Å². The van der Waals surface area contributed by atoms with Gasteiger partial charge in [-0.1, -0.05) is 303 Å². The molecule has 0 fully saturated rings. The Kier molecular flexibility index (Phi) is 30.3. The van der Waals surface area contributed by atoms with Crippen molar-refractivity contribution in [3.05, 3.63) is 112 Å². The van der Waals surface area contributed by atoms with Crippen molar-refractivity contribution < 1.29 is 0 Å². The molecule has 3 aromatic carbocycles. The van der Waals surface area contributed by atoms with Crippen LogP contribution < -0.4 is 11.5 Å². The first-order chi connectivity index (χ1) is 34.3. The zero-order chi connectivity index (χ0) is 53.7. The molecule has 0 heterocycles. The van der Waals surface area contributed by atoms with E-state index in [2.05, 4.69) is 184 Å². The number of rotatable bonds is 28. The number of benzene rings is 3. The molecule has 0 bridgehead atoms. The summed E-state index contributed by atoms with van der Waals surface area (Å²) in [6.45, 7) is 35.9. The molecule has 0 saturated heterocycles. The van der Waals surface area contributed by atoms with E-state index in [0.717, 1.165) is 22.3 Å². The predicted octanol–water partition coefficient (Wildman–Crippen LogP) is 23.2. The molecule has 0 aromatic heterocycles. The zero-order valence-electron chi connectivity index (χ0n) is 50.3. The Morgan fingerprint density at radius 2 is 0.778 bits per heavy atom. The molecule has 2 nitrogen and oxygen atoms in total. The Bertz CT molecular complexity index is 2090. The highest BCUT2D eigenvalue weighted by Gasteiger charge is 2.43. The molecule has 72 heavy (non-hydrogen) atoms. The highest BCUT2D eigenvalue weighted by molar-refractivity contribution is 5.90. The highest BCUT2D eigenvalue weighted by atomic mass is 14.7. The highest BCUT2D eigenvalue weighted by Crippen LogP contribution is 2.55. The maximum absolute atomic E-state index is 6.75. The van der Waals surface area contributed by atoms with E-state index in [0.29, 0.717) is 11.4 Å². The molecule has 0 amide bonds. The van der Waals surface area contributed by atoms with Crippen LogP contribution in [0.2, 0.25) is 0 Å². The summed E-state index contributed by atoms with van der Waals surface area (Å²) in [7, 11) is 0. The largest absolute Gasteiger partial charge is 0.397 e. The van der Waals surface area contributed by atoms with Crippen molar-refractivity contribution in [3.63, 3.8) is 0 Å². The molecule has 1 aliphatic rings. The molecular formula is C70H114N2. The molecule has 404 valence electrons. The van der Waals surface area contributed by atoms with Gasteiger partial charge in [-0.25, -0.2) is 0 Å². The Balaban J connectivity index is 0.00000102. The normalized spacial score (nSPS) is 13.8. The fraction of sp³-hybridized carbons (Fsp3) is 0.629. The monoisotopic (exact) mass is 983 g/mol. The third-order valence-electron chi connectivity index (χ3n) is 15.5. The number of fused-ring (bicyclic) bond motifs is 3. The van der Waals surface area contributed by atoms with Gasteiger partial charge in [-0.15, -0.1) is 0 Å². The van der Waals surface area contributed by atoms with Crippen LogP contribution in [0.4, 0.5) is 11.4 Å². The maximum atomic E-state index is 6.75. The minimum atomic E-state index is 0.0466. The van der Waals surface area contributed by atoms with Gasteiger partial charge in [0.05, 0.1) is 11.4 Å². The molecule has 1 aliphatic carbocycles. The summed E-state index contributed by atoms with van der Waals surface area (Å²) in [6.07, 6.45) is 42.9. The van der Waals surface area contributed by atoms with Gasteiger partial charge in [0.2, 0.25) is 0 Å². The second-order valence-electron chi connectivity index (χ2n) is 24.1. The molecule has 0 spiro atoms. The van der Waals surface area contributed by atoms with E-state index in [9.17, 15) is 0 Å². The summed E-state index contributed by atoms with van der Waals surface area (Å²) in [5, 5.41) is 0. The van der Waals surface area contributed by atoms with Crippen LogP contribution in [0.25, 0.3) is 27.8 Å². The lowest BCUT2D eigenvalue weighted by molar-refractivity contribution is 0.397. The van der Waals surface area contributed by atoms with Gasteiger partial charge in [0.25, 0.3) is 0 Å². The van der Waals surface area contributed by atoms with E-state index in [1.807, 2.05) is 0 Å². The molecule has 0 unspecified atom stereocenters. The smallest absolute Gasteiger partial charge is 0.0630 e. The minimum Gasteiger partial charge on any atom is -0.397 e. The lowest BCUT2D eigenvalue weighted by atomic mass is 9.69. The van der Waals surface area contributed by atoms with Gasteiger partial charge in [0.15, 0.2) is 0 Å². The summed E-state index contributed by atoms with van der Waals surface area (Å²) in [5.74, 6) is 0. The third-order valence-corrected chi connectivity index (χ3v) is 15.5. The second kappa shape index (κ2) is 33.9. The fourth-order valence-corrected chi connectivity index (χ4v) is 10.2. The number of hydrogen-bond acceptors (Lipinski definition) is 2. The van der Waals surface area contributed by atoms with Gasteiger partial charge in [-0.3, -0.25) is 0 Å². The number of nitrogen functional groups attached to an aromatic ring is 2. The van der Waals surface area contributed by atoms with Gasteiger partial charge in [0, 0.05) is 16.5 Å². The molecule has 0 aliphatic heterocycles. The van der Waals surface area contributed by atoms with Gasteiger partial charge >= 0.3 is 0 Å². The Morgan fingerprint density at radius 3 is 1.17 bits per heavy atom. The maximum Gasteiger partial charge on any atom is 0.0630 e. The van der Waals surface area contributed by atoms with Gasteiger partial charge < -0.3 is 11.5 Å². The van der Waals surface area contributed by atoms with Crippen molar-refractivity contribution in [3.8, 4) is 11.1 Å². The van der Waals surface area contributed by atoms with Crippen LogP contribution >= 0.6 is 0 Å². The molecule has 0 radical (unpaired) electrons. The third kappa shape index (κ3) is 20.9. The molecular weight excluding hydrogens is 869 g/mol. The van der Waals surface area contributed by atoms with E-state index in [1.165, 1.54) is 194 Å². The summed E-state index contributed by atoms with van der Waals surface area (Å²) < 4.78 is 0. The predicted molar refractivity (Wildman–Crippen MR) is 330 cm³/mol. The average Bonchev–Trinajstić information content (AvgIpc) is 3.61. The number of nitrogens with two attached hydrogens (primary N) is 2. The quantitative estimate of drug-likeness (QED) is 0.0433. The Morgan fingerprint density at radius 1 is 0.431 bits per heavy atom. The average molecular weight is 984 g/mol. The molecule has 0 saturated carbocycles.